The van der Waals surface area contributed by atoms with Crippen LogP contribution in [-0.4, -0.2) is 33.8 Å². The average molecular weight is 433 g/mol. The van der Waals surface area contributed by atoms with Crippen LogP contribution in [0.1, 0.15) is 29.7 Å². The highest BCUT2D eigenvalue weighted by atomic mass is 19.1. The molecule has 1 amide bonds. The molecule has 0 unspecified atom stereocenters. The van der Waals surface area contributed by atoms with Crippen LogP contribution in [0.15, 0.2) is 48.7 Å². The molecular formula is C24H17F2N3O3. The maximum absolute atomic E-state index is 15.1. The molecule has 0 atom stereocenters. The standard InChI is InChI=1S/C24H17F2N3O3/c25-17-10-16(7-6-15-4-2-1-3-5-15)11-18(26)20(17)28-21(30)23(8-9-23)29-19(12-27-22(28)29)24(31)13-32-14-24/h1-5,10-12,31H,8-9,13-14H2. The molecule has 3 aromatic rings. The van der Waals surface area contributed by atoms with Crippen LogP contribution >= 0.6 is 0 Å². The van der Waals surface area contributed by atoms with E-state index in [-0.39, 0.29) is 24.7 Å². The second-order valence-corrected chi connectivity index (χ2v) is 8.38. The van der Waals surface area contributed by atoms with Gasteiger partial charge in [0.2, 0.25) is 5.95 Å². The molecule has 0 bridgehead atoms. The Labute approximate surface area is 182 Å². The predicted octanol–water partition coefficient (Wildman–Crippen LogP) is 2.95. The highest BCUT2D eigenvalue weighted by Gasteiger charge is 2.63. The van der Waals surface area contributed by atoms with Gasteiger partial charge < -0.3 is 9.84 Å². The van der Waals surface area contributed by atoms with E-state index in [1.165, 1.54) is 6.20 Å². The first-order valence-electron chi connectivity index (χ1n) is 10.2. The number of ether oxygens (including phenoxy) is 1. The molecule has 3 aliphatic rings. The second kappa shape index (κ2) is 6.48. The molecule has 160 valence electrons. The minimum atomic E-state index is -1.26. The zero-order chi connectivity index (χ0) is 22.1. The Morgan fingerprint density at radius 2 is 1.69 bits per heavy atom. The third-order valence-electron chi connectivity index (χ3n) is 6.22. The number of carbonyl (C=O) groups is 1. The van der Waals surface area contributed by atoms with Crippen LogP contribution < -0.4 is 4.90 Å². The van der Waals surface area contributed by atoms with E-state index >= 15 is 8.78 Å². The van der Waals surface area contributed by atoms with Crippen molar-refractivity contribution < 1.29 is 23.4 Å². The lowest BCUT2D eigenvalue weighted by Gasteiger charge is -2.37. The summed E-state index contributed by atoms with van der Waals surface area (Å²) < 4.78 is 37.0. The Bertz CT molecular complexity index is 1310. The molecule has 1 saturated heterocycles. The monoisotopic (exact) mass is 433 g/mol. The van der Waals surface area contributed by atoms with Gasteiger partial charge >= 0.3 is 0 Å². The Balaban J connectivity index is 1.42. The van der Waals surface area contributed by atoms with Gasteiger partial charge in [0.1, 0.15) is 11.2 Å². The number of anilines is 2. The number of hydrogen-bond donors (Lipinski definition) is 1. The lowest BCUT2D eigenvalue weighted by molar-refractivity contribution is -0.188. The molecule has 0 radical (unpaired) electrons. The summed E-state index contributed by atoms with van der Waals surface area (Å²) in [5.74, 6) is 3.46. The van der Waals surface area contributed by atoms with Crippen molar-refractivity contribution in [3.8, 4) is 11.8 Å². The number of benzene rings is 2. The maximum atomic E-state index is 15.1. The number of rotatable bonds is 2. The zero-order valence-corrected chi connectivity index (χ0v) is 16.8. The fourth-order valence-corrected chi connectivity index (χ4v) is 4.36. The SMILES string of the molecule is O=C1N(c2c(F)cc(C#Cc3ccccc3)cc2F)c2ncc(C3(O)COC3)n2C12CC2. The second-order valence-electron chi connectivity index (χ2n) is 8.38. The van der Waals surface area contributed by atoms with Crippen LogP contribution in [0.3, 0.4) is 0 Å². The van der Waals surface area contributed by atoms with Crippen molar-refractivity contribution in [1.82, 2.24) is 9.55 Å². The first-order valence-corrected chi connectivity index (χ1v) is 10.2. The van der Waals surface area contributed by atoms with Gasteiger partial charge in [-0.05, 0) is 37.1 Å². The van der Waals surface area contributed by atoms with Crippen LogP contribution in [0.4, 0.5) is 20.4 Å². The van der Waals surface area contributed by atoms with Crippen molar-refractivity contribution in [2.45, 2.75) is 24.0 Å². The van der Waals surface area contributed by atoms with Crippen LogP contribution in [0.2, 0.25) is 0 Å². The Kier molecular flexibility index (Phi) is 3.88. The summed E-state index contributed by atoms with van der Waals surface area (Å²) in [6.07, 6.45) is 2.48. The third kappa shape index (κ3) is 2.58. The summed E-state index contributed by atoms with van der Waals surface area (Å²) in [6, 6.07) is 11.3. The van der Waals surface area contributed by atoms with Crippen LogP contribution in [0.5, 0.6) is 0 Å². The quantitative estimate of drug-likeness (QED) is 0.631. The topological polar surface area (TPSA) is 67.6 Å². The van der Waals surface area contributed by atoms with Crippen molar-refractivity contribution in [3.63, 3.8) is 0 Å². The molecular weight excluding hydrogens is 416 g/mol. The number of halogens is 2. The Hall–Kier alpha value is -3.54. The predicted molar refractivity (Wildman–Crippen MR) is 110 cm³/mol. The van der Waals surface area contributed by atoms with E-state index in [1.807, 2.05) is 18.2 Å². The van der Waals surface area contributed by atoms with Gasteiger partial charge in [0.05, 0.1) is 25.1 Å². The van der Waals surface area contributed by atoms with Crippen molar-refractivity contribution in [2.75, 3.05) is 18.1 Å². The number of nitrogens with zero attached hydrogens (tertiary/aromatic N) is 3. The van der Waals surface area contributed by atoms with E-state index < -0.39 is 34.4 Å². The first kappa shape index (κ1) is 19.2. The molecule has 6 rings (SSSR count). The number of aliphatic hydroxyl groups is 1. The van der Waals surface area contributed by atoms with E-state index in [2.05, 4.69) is 16.8 Å². The lowest BCUT2D eigenvalue weighted by atomic mass is 9.97. The molecule has 1 aromatic heterocycles. The maximum Gasteiger partial charge on any atom is 0.260 e. The Morgan fingerprint density at radius 3 is 2.28 bits per heavy atom. The highest BCUT2D eigenvalue weighted by Crippen LogP contribution is 2.56. The molecule has 1 spiro atoms. The van der Waals surface area contributed by atoms with Gasteiger partial charge in [0, 0.05) is 11.1 Å². The molecule has 1 saturated carbocycles. The molecule has 8 heteroatoms. The van der Waals surface area contributed by atoms with E-state index in [0.717, 1.165) is 22.6 Å². The summed E-state index contributed by atoms with van der Waals surface area (Å²) in [7, 11) is 0. The fourth-order valence-electron chi connectivity index (χ4n) is 4.36. The number of amides is 1. The van der Waals surface area contributed by atoms with Gasteiger partial charge in [-0.15, -0.1) is 0 Å². The molecule has 6 nitrogen and oxygen atoms in total. The van der Waals surface area contributed by atoms with Crippen molar-refractivity contribution >= 4 is 17.5 Å². The molecule has 3 heterocycles. The average Bonchev–Trinajstić information content (AvgIpc) is 3.39. The molecule has 1 N–H and O–H groups in total. The van der Waals surface area contributed by atoms with Crippen LogP contribution in [0, 0.1) is 23.5 Å². The molecule has 2 fully saturated rings. The van der Waals surface area contributed by atoms with Crippen LogP contribution in [-0.2, 0) is 20.7 Å². The molecule has 2 aromatic carbocycles. The van der Waals surface area contributed by atoms with Gasteiger partial charge in [-0.2, -0.15) is 0 Å². The van der Waals surface area contributed by atoms with Crippen molar-refractivity contribution in [3.05, 3.63) is 77.1 Å². The molecule has 2 aliphatic heterocycles. The first-order chi connectivity index (χ1) is 15.4. The largest absolute Gasteiger partial charge is 0.379 e. The summed E-state index contributed by atoms with van der Waals surface area (Å²) in [6.45, 7) is 0.166. The summed E-state index contributed by atoms with van der Waals surface area (Å²) in [5.41, 5.74) is -1.40. The number of aromatic nitrogens is 2. The Morgan fingerprint density at radius 1 is 1.03 bits per heavy atom. The molecule has 1 aliphatic carbocycles. The third-order valence-corrected chi connectivity index (χ3v) is 6.22. The number of fused-ring (bicyclic) bond motifs is 2. The number of carbonyl (C=O) groups excluding carboxylic acids is 1. The van der Waals surface area contributed by atoms with Gasteiger partial charge in [0.15, 0.2) is 17.2 Å². The van der Waals surface area contributed by atoms with Gasteiger partial charge in [-0.1, -0.05) is 30.0 Å². The lowest BCUT2D eigenvalue weighted by Crippen LogP contribution is -2.48. The van der Waals surface area contributed by atoms with Gasteiger partial charge in [-0.25, -0.2) is 18.7 Å². The van der Waals surface area contributed by atoms with Gasteiger partial charge in [0.25, 0.3) is 5.91 Å². The zero-order valence-electron chi connectivity index (χ0n) is 16.8. The van der Waals surface area contributed by atoms with Gasteiger partial charge in [-0.3, -0.25) is 9.36 Å². The summed E-state index contributed by atoms with van der Waals surface area (Å²) in [4.78, 5) is 18.5. The summed E-state index contributed by atoms with van der Waals surface area (Å²) in [5, 5.41) is 10.8. The van der Waals surface area contributed by atoms with Crippen molar-refractivity contribution in [1.29, 1.82) is 0 Å². The minimum absolute atomic E-state index is 0.0832. The number of imidazole rings is 1. The minimum Gasteiger partial charge on any atom is -0.379 e. The van der Waals surface area contributed by atoms with E-state index in [4.69, 9.17) is 4.74 Å². The van der Waals surface area contributed by atoms with E-state index in [1.54, 1.807) is 16.7 Å². The van der Waals surface area contributed by atoms with Crippen molar-refractivity contribution in [2.24, 2.45) is 0 Å². The van der Waals surface area contributed by atoms with Crippen LogP contribution in [0.25, 0.3) is 0 Å². The van der Waals surface area contributed by atoms with E-state index in [0.29, 0.717) is 18.5 Å². The smallest absolute Gasteiger partial charge is 0.260 e. The summed E-state index contributed by atoms with van der Waals surface area (Å²) >= 11 is 0. The van der Waals surface area contributed by atoms with E-state index in [9.17, 15) is 9.90 Å². The molecule has 32 heavy (non-hydrogen) atoms. The number of hydrogen-bond acceptors (Lipinski definition) is 4. The normalized spacial score (nSPS) is 19.3. The fraction of sp³-hybridized carbons (Fsp3) is 0.250. The highest BCUT2D eigenvalue weighted by molar-refractivity contribution is 6.09.